The van der Waals surface area contributed by atoms with E-state index in [0.717, 1.165) is 0 Å². The Hall–Kier alpha value is -2.41. The number of carboxylic acids is 1. The van der Waals surface area contributed by atoms with Gasteiger partial charge in [0, 0.05) is 17.6 Å². The fraction of sp³-hybridized carbons (Fsp3) is 0.167. The van der Waals surface area contributed by atoms with E-state index in [1.165, 1.54) is 18.3 Å². The average molecular weight is 297 g/mol. The largest absolute Gasteiger partial charge is 0.491 e. The van der Waals surface area contributed by atoms with Gasteiger partial charge in [0.05, 0.1) is 4.92 Å². The van der Waals surface area contributed by atoms with Crippen LogP contribution in [-0.2, 0) is 4.79 Å². The number of non-ortho nitro benzene ring substituents is 1. The summed E-state index contributed by atoms with van der Waals surface area (Å²) >= 11 is 5.55. The molecule has 8 heteroatoms. The number of hydrogen-bond donors (Lipinski definition) is 1. The number of nitro benzene ring substituents is 1. The van der Waals surface area contributed by atoms with Crippen molar-refractivity contribution in [2.24, 2.45) is 0 Å². The zero-order chi connectivity index (χ0) is 14.7. The number of nitro groups is 1. The number of alkyl halides is 1. The maximum absolute atomic E-state index is 10.9. The summed E-state index contributed by atoms with van der Waals surface area (Å²) in [5, 5.41) is 18.8. The van der Waals surface area contributed by atoms with Crippen LogP contribution in [0.15, 0.2) is 30.5 Å². The molecule has 1 atom stereocenters. The normalized spacial score (nSPS) is 12.1. The van der Waals surface area contributed by atoms with Gasteiger partial charge in [0.15, 0.2) is 10.9 Å². The Balaban J connectivity index is 2.38. The maximum Gasteiger partial charge on any atom is 0.325 e. The Bertz CT molecular complexity index is 676. The molecule has 1 heterocycles. The molecule has 104 valence electrons. The van der Waals surface area contributed by atoms with Gasteiger partial charge in [-0.2, -0.15) is 0 Å². The second-order valence-electron chi connectivity index (χ2n) is 3.86. The minimum absolute atomic E-state index is 0.145. The minimum Gasteiger partial charge on any atom is -0.491 e. The highest BCUT2D eigenvalue weighted by Gasteiger charge is 2.18. The number of carbonyl (C=O) groups is 1. The monoisotopic (exact) mass is 296 g/mol. The highest BCUT2D eigenvalue weighted by Crippen LogP contribution is 2.31. The predicted molar refractivity (Wildman–Crippen MR) is 71.2 cm³/mol. The third-order valence-corrected chi connectivity index (χ3v) is 2.87. The van der Waals surface area contributed by atoms with Gasteiger partial charge >= 0.3 is 5.97 Å². The SMILES string of the molecule is O=C(O)C(Cl)COc1ccc([N+](=O)[O-])c2ncccc12. The van der Waals surface area contributed by atoms with Crippen LogP contribution in [0.1, 0.15) is 0 Å². The van der Waals surface area contributed by atoms with Gasteiger partial charge in [-0.05, 0) is 18.2 Å². The number of pyridine rings is 1. The van der Waals surface area contributed by atoms with Gasteiger partial charge in [-0.3, -0.25) is 14.9 Å². The molecule has 0 radical (unpaired) electrons. The summed E-state index contributed by atoms with van der Waals surface area (Å²) in [4.78, 5) is 24.9. The number of halogens is 1. The lowest BCUT2D eigenvalue weighted by atomic mass is 10.1. The minimum atomic E-state index is -1.20. The lowest BCUT2D eigenvalue weighted by Gasteiger charge is -2.10. The molecule has 1 N–H and O–H groups in total. The van der Waals surface area contributed by atoms with E-state index in [9.17, 15) is 14.9 Å². The first kappa shape index (κ1) is 14.0. The number of benzene rings is 1. The van der Waals surface area contributed by atoms with Crippen LogP contribution in [0.4, 0.5) is 5.69 Å². The first-order chi connectivity index (χ1) is 9.50. The van der Waals surface area contributed by atoms with Crippen LogP contribution in [0, 0.1) is 10.1 Å². The zero-order valence-corrected chi connectivity index (χ0v) is 10.8. The van der Waals surface area contributed by atoms with E-state index in [1.807, 2.05) is 0 Å². The number of rotatable bonds is 5. The highest BCUT2D eigenvalue weighted by molar-refractivity contribution is 6.29. The van der Waals surface area contributed by atoms with Gasteiger partial charge in [-0.25, -0.2) is 4.98 Å². The summed E-state index contributed by atoms with van der Waals surface area (Å²) in [6, 6.07) is 5.87. The van der Waals surface area contributed by atoms with E-state index < -0.39 is 16.3 Å². The molecule has 0 aliphatic carbocycles. The van der Waals surface area contributed by atoms with Gasteiger partial charge in [-0.15, -0.1) is 11.6 Å². The molecule has 1 aromatic heterocycles. The molecule has 0 spiro atoms. The second-order valence-corrected chi connectivity index (χ2v) is 4.38. The van der Waals surface area contributed by atoms with Gasteiger partial charge in [0.25, 0.3) is 5.69 Å². The van der Waals surface area contributed by atoms with E-state index >= 15 is 0 Å². The fourth-order valence-electron chi connectivity index (χ4n) is 1.64. The highest BCUT2D eigenvalue weighted by atomic mass is 35.5. The molecular formula is C12H9ClN2O5. The van der Waals surface area contributed by atoms with Crippen LogP contribution >= 0.6 is 11.6 Å². The summed E-state index contributed by atoms with van der Waals surface area (Å²) in [7, 11) is 0. The molecule has 0 amide bonds. The van der Waals surface area contributed by atoms with E-state index in [2.05, 4.69) is 4.98 Å². The third kappa shape index (κ3) is 2.77. The summed E-state index contributed by atoms with van der Waals surface area (Å²) in [6.07, 6.45) is 1.43. The summed E-state index contributed by atoms with van der Waals surface area (Å²) in [5.41, 5.74) is 0.0325. The lowest BCUT2D eigenvalue weighted by molar-refractivity contribution is -0.383. The third-order valence-electron chi connectivity index (χ3n) is 2.56. The van der Waals surface area contributed by atoms with Crippen molar-refractivity contribution < 1.29 is 19.6 Å². The van der Waals surface area contributed by atoms with Crippen molar-refractivity contribution in [2.45, 2.75) is 5.38 Å². The number of nitrogens with zero attached hydrogens (tertiary/aromatic N) is 2. The van der Waals surface area contributed by atoms with Crippen LogP contribution in [0.25, 0.3) is 10.9 Å². The Morgan fingerprint density at radius 1 is 1.50 bits per heavy atom. The number of hydrogen-bond acceptors (Lipinski definition) is 5. The molecular weight excluding hydrogens is 288 g/mol. The number of fused-ring (bicyclic) bond motifs is 1. The fourth-order valence-corrected chi connectivity index (χ4v) is 1.70. The van der Waals surface area contributed by atoms with Crippen LogP contribution < -0.4 is 4.74 Å². The van der Waals surface area contributed by atoms with Crippen LogP contribution in [0.5, 0.6) is 5.75 Å². The van der Waals surface area contributed by atoms with Crippen molar-refractivity contribution in [1.29, 1.82) is 0 Å². The predicted octanol–water partition coefficient (Wildman–Crippen LogP) is 2.21. The van der Waals surface area contributed by atoms with E-state index in [0.29, 0.717) is 11.1 Å². The summed E-state index contributed by atoms with van der Waals surface area (Å²) < 4.78 is 5.30. The first-order valence-corrected chi connectivity index (χ1v) is 5.96. The summed E-state index contributed by atoms with van der Waals surface area (Å²) in [5.74, 6) is -0.901. The van der Waals surface area contributed by atoms with E-state index in [4.69, 9.17) is 21.4 Å². The molecule has 1 aromatic carbocycles. The van der Waals surface area contributed by atoms with E-state index in [1.54, 1.807) is 12.1 Å². The Morgan fingerprint density at radius 2 is 2.25 bits per heavy atom. The molecule has 0 aliphatic rings. The molecule has 2 aromatic rings. The molecule has 0 aliphatic heterocycles. The Labute approximate surface area is 117 Å². The van der Waals surface area contributed by atoms with Crippen molar-refractivity contribution in [1.82, 2.24) is 4.98 Å². The smallest absolute Gasteiger partial charge is 0.325 e. The lowest BCUT2D eigenvalue weighted by Crippen LogP contribution is -2.21. The van der Waals surface area contributed by atoms with Gasteiger partial charge < -0.3 is 9.84 Å². The number of aliphatic carboxylic acids is 1. The standard InChI is InChI=1S/C12H9ClN2O5/c13-8(12(16)17)6-20-10-4-3-9(15(18)19)11-7(10)2-1-5-14-11/h1-5,8H,6H2,(H,16,17). The van der Waals surface area contributed by atoms with E-state index in [-0.39, 0.29) is 17.8 Å². The van der Waals surface area contributed by atoms with Crippen molar-refractivity contribution in [3.8, 4) is 5.75 Å². The van der Waals surface area contributed by atoms with Gasteiger partial charge in [0.2, 0.25) is 0 Å². The maximum atomic E-state index is 10.9. The average Bonchev–Trinajstić information content (AvgIpc) is 2.43. The molecule has 20 heavy (non-hydrogen) atoms. The molecule has 0 fully saturated rings. The molecule has 1 unspecified atom stereocenters. The molecule has 0 saturated carbocycles. The van der Waals surface area contributed by atoms with Crippen molar-refractivity contribution >= 4 is 34.2 Å². The Morgan fingerprint density at radius 3 is 2.90 bits per heavy atom. The van der Waals surface area contributed by atoms with Crippen molar-refractivity contribution in [2.75, 3.05) is 6.61 Å². The molecule has 0 saturated heterocycles. The van der Waals surface area contributed by atoms with Gasteiger partial charge in [-0.1, -0.05) is 0 Å². The van der Waals surface area contributed by atoms with Crippen LogP contribution in [0.3, 0.4) is 0 Å². The topological polar surface area (TPSA) is 103 Å². The van der Waals surface area contributed by atoms with Crippen LogP contribution in [0.2, 0.25) is 0 Å². The molecule has 0 bridgehead atoms. The Kier molecular flexibility index (Phi) is 3.99. The first-order valence-electron chi connectivity index (χ1n) is 5.52. The number of aromatic nitrogens is 1. The zero-order valence-electron chi connectivity index (χ0n) is 10.0. The van der Waals surface area contributed by atoms with Crippen molar-refractivity contribution in [3.05, 3.63) is 40.6 Å². The molecule has 2 rings (SSSR count). The number of carboxylic acid groups (broad SMARTS) is 1. The number of ether oxygens (including phenoxy) is 1. The molecule has 7 nitrogen and oxygen atoms in total. The van der Waals surface area contributed by atoms with Crippen molar-refractivity contribution in [3.63, 3.8) is 0 Å². The van der Waals surface area contributed by atoms with Crippen LogP contribution in [-0.4, -0.2) is 33.0 Å². The van der Waals surface area contributed by atoms with Gasteiger partial charge in [0.1, 0.15) is 12.4 Å². The second kappa shape index (κ2) is 5.70. The summed E-state index contributed by atoms with van der Waals surface area (Å²) in [6.45, 7) is -0.251. The quantitative estimate of drug-likeness (QED) is 0.515.